The average molecular weight is 437 g/mol. The van der Waals surface area contributed by atoms with Gasteiger partial charge in [0.05, 0.1) is 0 Å². The fourth-order valence-electron chi connectivity index (χ4n) is 0. The smallest absolute Gasteiger partial charge is 2.00 e. The fourth-order valence-corrected chi connectivity index (χ4v) is 0. The van der Waals surface area contributed by atoms with Crippen molar-refractivity contribution in [2.24, 2.45) is 0 Å². The molecule has 0 N–H and O–H groups in total. The van der Waals surface area contributed by atoms with Crippen LogP contribution in [0.1, 0.15) is 0 Å². The van der Waals surface area contributed by atoms with Crippen LogP contribution in [0.25, 0.3) is 0 Å². The molecular formula is CoErEuNi+9. The third-order valence-corrected chi connectivity index (χ3v) is 0. The molecule has 0 saturated heterocycles. The van der Waals surface area contributed by atoms with Gasteiger partial charge in [0, 0.05) is 0 Å². The molecule has 0 aromatic heterocycles. The van der Waals surface area contributed by atoms with E-state index in [4.69, 9.17) is 0 Å². The minimum atomic E-state index is 0. The molecule has 0 aliphatic carbocycles. The van der Waals surface area contributed by atoms with Gasteiger partial charge in [0.15, 0.2) is 0 Å². The third kappa shape index (κ3) is 9.27. The van der Waals surface area contributed by atoms with Gasteiger partial charge in [0.25, 0.3) is 0 Å². The number of hydrogen-bond donors (Lipinski definition) is 0. The fraction of sp³-hybridized carbons (Fsp3) is 0. The Balaban J connectivity index is 0. The molecule has 0 atom stereocenters. The molecule has 4 heteroatoms. The van der Waals surface area contributed by atoms with E-state index >= 15 is 0 Å². The van der Waals surface area contributed by atoms with Crippen LogP contribution in [-0.2, 0) is 33.3 Å². The van der Waals surface area contributed by atoms with E-state index < -0.39 is 0 Å². The second-order valence-corrected chi connectivity index (χ2v) is 0. The molecule has 0 saturated carbocycles. The van der Waals surface area contributed by atoms with Gasteiger partial charge in [-0.05, 0) is 0 Å². The number of rotatable bonds is 0. The van der Waals surface area contributed by atoms with Gasteiger partial charge in [-0.25, -0.2) is 0 Å². The predicted molar refractivity (Wildman–Crippen MR) is 0 cm³/mol. The molecule has 0 aliphatic rings. The molecule has 0 spiro atoms. The van der Waals surface area contributed by atoms with Gasteiger partial charge in [-0.3, -0.25) is 0 Å². The Hall–Kier alpha value is 3.83. The molecule has 0 rings (SSSR count). The largest absolute Gasteiger partial charge is 3.00 e. The Morgan fingerprint density at radius 2 is 1.00 bits per heavy atom. The third-order valence-electron chi connectivity index (χ3n) is 0. The van der Waals surface area contributed by atoms with Crippen LogP contribution in [0.2, 0.25) is 0 Å². The zero-order valence-electron chi connectivity index (χ0n) is 1.32. The first kappa shape index (κ1) is 24.9. The maximum atomic E-state index is 0. The summed E-state index contributed by atoms with van der Waals surface area (Å²) in [5.74, 6) is 0. The maximum Gasteiger partial charge on any atom is 3.00 e. The average Bonchev–Trinajstić information content (AvgIpc) is 0. The molecule has 0 aromatic carbocycles. The first-order valence-corrected chi connectivity index (χ1v) is 0. The summed E-state index contributed by atoms with van der Waals surface area (Å²) in [7, 11) is 0. The van der Waals surface area contributed by atoms with E-state index in [1.807, 2.05) is 0 Å². The standard InChI is InChI=1S/Co.Er.Eu.Ni/q+2;+3;2*+2. The van der Waals surface area contributed by atoms with Crippen LogP contribution < -0.4 is 0 Å². The second kappa shape index (κ2) is 15.8. The van der Waals surface area contributed by atoms with Gasteiger partial charge in [-0.15, -0.1) is 0 Å². The van der Waals surface area contributed by atoms with E-state index in [1.54, 1.807) is 0 Å². The summed E-state index contributed by atoms with van der Waals surface area (Å²) in [5, 5.41) is 0. The molecule has 0 aliphatic heterocycles. The zero-order valence-corrected chi connectivity index (χ0v) is 7.62. The van der Waals surface area contributed by atoms with Crippen LogP contribution >= 0.6 is 0 Å². The summed E-state index contributed by atoms with van der Waals surface area (Å²) in [4.78, 5) is 0. The van der Waals surface area contributed by atoms with E-state index in [1.165, 1.54) is 0 Å². The van der Waals surface area contributed by atoms with Crippen molar-refractivity contribution in [3.05, 3.63) is 0 Å². The summed E-state index contributed by atoms with van der Waals surface area (Å²) in [6.45, 7) is 0. The molecule has 0 fully saturated rings. The van der Waals surface area contributed by atoms with E-state index in [0.29, 0.717) is 0 Å². The van der Waals surface area contributed by atoms with E-state index in [9.17, 15) is 0 Å². The summed E-state index contributed by atoms with van der Waals surface area (Å²) in [5.41, 5.74) is 0. The second-order valence-electron chi connectivity index (χ2n) is 0. The Labute approximate surface area is 116 Å². The van der Waals surface area contributed by atoms with E-state index in [-0.39, 0.29) is 120 Å². The predicted octanol–water partition coefficient (Wildman–Crippen LogP) is -0.00500. The van der Waals surface area contributed by atoms with Crippen molar-refractivity contribution in [2.75, 3.05) is 0 Å². The molecule has 0 bridgehead atoms. The summed E-state index contributed by atoms with van der Waals surface area (Å²) < 4.78 is 0. The maximum absolute atomic E-state index is 0. The molecular weight excluding hydrogens is 437 g/mol. The topological polar surface area (TPSA) is 0 Å². The molecule has 0 nitrogen and oxygen atoms in total. The van der Waals surface area contributed by atoms with Crippen molar-refractivity contribution < 1.29 is 120 Å². The summed E-state index contributed by atoms with van der Waals surface area (Å²) in [6.07, 6.45) is 0. The summed E-state index contributed by atoms with van der Waals surface area (Å²) in [6, 6.07) is 0. The van der Waals surface area contributed by atoms with Crippen molar-refractivity contribution in [3.8, 4) is 0 Å². The normalized spacial score (nSPS) is 0. The van der Waals surface area contributed by atoms with Gasteiger partial charge >= 0.3 is 120 Å². The molecule has 4 heavy (non-hydrogen) atoms. The minimum Gasteiger partial charge on any atom is 2.00 e. The molecule has 0 aromatic rings. The Morgan fingerprint density at radius 1 is 1.00 bits per heavy atom. The van der Waals surface area contributed by atoms with E-state index in [2.05, 4.69) is 0 Å². The monoisotopic (exact) mass is 436 g/mol. The first-order valence-electron chi connectivity index (χ1n) is 0. The van der Waals surface area contributed by atoms with Crippen LogP contribution in [0, 0.1) is 86.7 Å². The number of hydrogen-bond acceptors (Lipinski definition) is 0. The molecule has 0 amide bonds. The zero-order chi connectivity index (χ0) is 0. The van der Waals surface area contributed by atoms with Crippen LogP contribution in [0.5, 0.6) is 0 Å². The van der Waals surface area contributed by atoms with Crippen LogP contribution in [0.3, 0.4) is 0 Å². The minimum absolute atomic E-state index is 0. The Bertz CT molecular complexity index is 8.00. The van der Waals surface area contributed by atoms with Crippen molar-refractivity contribution in [1.29, 1.82) is 0 Å². The van der Waals surface area contributed by atoms with Crippen molar-refractivity contribution in [1.82, 2.24) is 0 Å². The van der Waals surface area contributed by atoms with Gasteiger partial charge in [-0.1, -0.05) is 0 Å². The van der Waals surface area contributed by atoms with Gasteiger partial charge < -0.3 is 0 Å². The van der Waals surface area contributed by atoms with Gasteiger partial charge in [0.1, 0.15) is 0 Å². The van der Waals surface area contributed by atoms with Gasteiger partial charge in [0.2, 0.25) is 0 Å². The summed E-state index contributed by atoms with van der Waals surface area (Å²) >= 11 is 0. The van der Waals surface area contributed by atoms with Crippen molar-refractivity contribution in [3.63, 3.8) is 0 Å². The Kier molecular flexibility index (Phi) is 98.5. The molecule has 0 unspecified atom stereocenters. The Morgan fingerprint density at radius 3 is 1.00 bits per heavy atom. The first-order chi connectivity index (χ1) is 0. The molecule has 29 valence electrons. The van der Waals surface area contributed by atoms with Crippen LogP contribution in [-0.4, -0.2) is 0 Å². The molecule has 0 heterocycles. The van der Waals surface area contributed by atoms with Crippen LogP contribution in [0.4, 0.5) is 0 Å². The van der Waals surface area contributed by atoms with E-state index in [0.717, 1.165) is 0 Å². The SMILES string of the molecule is [Co+2].[Er+3].[Eu+2].[Ni+2]. The van der Waals surface area contributed by atoms with Crippen molar-refractivity contribution in [2.45, 2.75) is 0 Å². The van der Waals surface area contributed by atoms with Gasteiger partial charge in [-0.2, -0.15) is 0 Å². The van der Waals surface area contributed by atoms with Crippen LogP contribution in [0.15, 0.2) is 0 Å². The van der Waals surface area contributed by atoms with Crippen molar-refractivity contribution >= 4 is 0 Å². The molecule has 3 radical (unpaired) electrons. The quantitative estimate of drug-likeness (QED) is 0.469.